The maximum Gasteiger partial charge on any atom is 0.118 e. The molecule has 1 aliphatic carbocycles. The van der Waals surface area contributed by atoms with Crippen LogP contribution in [0, 0.1) is 5.92 Å². The van der Waals surface area contributed by atoms with Gasteiger partial charge in [-0.3, -0.25) is 0 Å². The fourth-order valence-corrected chi connectivity index (χ4v) is 1.11. The number of hydrogen-bond acceptors (Lipinski definition) is 1. The summed E-state index contributed by atoms with van der Waals surface area (Å²) in [4.78, 5) is 0. The largest absolute Gasteiger partial charge is 0.323 e. The molecule has 1 saturated carbocycles. The van der Waals surface area contributed by atoms with E-state index in [-0.39, 0.29) is 0 Å². The van der Waals surface area contributed by atoms with E-state index in [2.05, 4.69) is 0 Å². The van der Waals surface area contributed by atoms with Crippen LogP contribution in [0.1, 0.15) is 33.1 Å². The van der Waals surface area contributed by atoms with Gasteiger partial charge in [0, 0.05) is 5.54 Å². The van der Waals surface area contributed by atoms with Gasteiger partial charge < -0.3 is 5.73 Å². The van der Waals surface area contributed by atoms with Crippen LogP contribution in [0.2, 0.25) is 0 Å². The summed E-state index contributed by atoms with van der Waals surface area (Å²) < 4.78 is 13.1. The van der Waals surface area contributed by atoms with Gasteiger partial charge in [-0.2, -0.15) is 0 Å². The van der Waals surface area contributed by atoms with Crippen molar-refractivity contribution in [2.45, 2.75) is 44.8 Å². The van der Waals surface area contributed by atoms with Gasteiger partial charge in [-0.15, -0.1) is 0 Å². The Balaban J connectivity index is 2.28. The molecule has 1 nitrogen and oxygen atoms in total. The number of alkyl halides is 1. The van der Waals surface area contributed by atoms with E-state index in [1.807, 2.05) is 13.8 Å². The van der Waals surface area contributed by atoms with E-state index in [0.717, 1.165) is 12.8 Å². The minimum absolute atomic E-state index is 0.426. The van der Waals surface area contributed by atoms with Crippen LogP contribution in [0.5, 0.6) is 0 Å². The molecule has 1 unspecified atom stereocenters. The smallest absolute Gasteiger partial charge is 0.118 e. The Hall–Kier alpha value is -0.110. The van der Waals surface area contributed by atoms with Crippen molar-refractivity contribution in [3.63, 3.8) is 0 Å². The Morgan fingerprint density at radius 2 is 2.00 bits per heavy atom. The number of halogens is 1. The second kappa shape index (κ2) is 2.50. The van der Waals surface area contributed by atoms with Gasteiger partial charge in [0.05, 0.1) is 0 Å². The molecule has 0 spiro atoms. The lowest BCUT2D eigenvalue weighted by Gasteiger charge is -2.16. The van der Waals surface area contributed by atoms with Gasteiger partial charge in [0.2, 0.25) is 0 Å². The number of hydrogen-bond donors (Lipinski definition) is 1. The summed E-state index contributed by atoms with van der Waals surface area (Å²) in [5.74, 6) is 0.427. The molecule has 0 radical (unpaired) electrons. The molecule has 0 saturated heterocycles. The molecular formula is C8H16FN. The summed E-state index contributed by atoms with van der Waals surface area (Å²) in [6.45, 7) is 4.05. The third-order valence-electron chi connectivity index (χ3n) is 2.13. The lowest BCUT2D eigenvalue weighted by atomic mass is 10.0. The van der Waals surface area contributed by atoms with E-state index in [0.29, 0.717) is 12.3 Å². The molecule has 0 heterocycles. The molecular weight excluding hydrogens is 129 g/mol. The fourth-order valence-electron chi connectivity index (χ4n) is 1.11. The Morgan fingerprint density at radius 1 is 1.50 bits per heavy atom. The van der Waals surface area contributed by atoms with Crippen molar-refractivity contribution in [1.29, 1.82) is 0 Å². The van der Waals surface area contributed by atoms with Crippen LogP contribution < -0.4 is 5.73 Å². The quantitative estimate of drug-likeness (QED) is 0.644. The first-order valence-corrected chi connectivity index (χ1v) is 3.97. The van der Waals surface area contributed by atoms with Gasteiger partial charge in [-0.1, -0.05) is 13.8 Å². The van der Waals surface area contributed by atoms with Crippen LogP contribution >= 0.6 is 0 Å². The average molecular weight is 145 g/mol. The van der Waals surface area contributed by atoms with Crippen LogP contribution in [0.4, 0.5) is 4.39 Å². The molecule has 1 rings (SSSR count). The molecule has 1 atom stereocenters. The van der Waals surface area contributed by atoms with Crippen LogP contribution in [0.3, 0.4) is 0 Å². The van der Waals surface area contributed by atoms with Gasteiger partial charge in [0.15, 0.2) is 0 Å². The van der Waals surface area contributed by atoms with Gasteiger partial charge >= 0.3 is 0 Å². The van der Waals surface area contributed by atoms with Crippen molar-refractivity contribution in [1.82, 2.24) is 0 Å². The van der Waals surface area contributed by atoms with Crippen LogP contribution in [0.15, 0.2) is 0 Å². The van der Waals surface area contributed by atoms with Gasteiger partial charge in [0.1, 0.15) is 6.17 Å². The third-order valence-corrected chi connectivity index (χ3v) is 2.13. The molecule has 0 aromatic heterocycles. The average Bonchev–Trinajstić information content (AvgIpc) is 2.47. The first-order chi connectivity index (χ1) is 4.54. The summed E-state index contributed by atoms with van der Waals surface area (Å²) in [5, 5.41) is 0. The zero-order chi connectivity index (χ0) is 7.78. The molecule has 10 heavy (non-hydrogen) atoms. The monoisotopic (exact) mass is 145 g/mol. The highest BCUT2D eigenvalue weighted by molar-refractivity contribution is 5.04. The zero-order valence-corrected chi connectivity index (χ0v) is 6.73. The predicted octanol–water partition coefficient (Wildman–Crippen LogP) is 1.86. The van der Waals surface area contributed by atoms with Crippen LogP contribution in [0.25, 0.3) is 0 Å². The zero-order valence-electron chi connectivity index (χ0n) is 6.73. The third kappa shape index (κ3) is 1.69. The Morgan fingerprint density at radius 3 is 2.30 bits per heavy atom. The molecule has 0 aromatic carbocycles. The van der Waals surface area contributed by atoms with Gasteiger partial charge in [0.25, 0.3) is 0 Å². The van der Waals surface area contributed by atoms with Crippen molar-refractivity contribution in [3.05, 3.63) is 0 Å². The van der Waals surface area contributed by atoms with Crippen molar-refractivity contribution >= 4 is 0 Å². The number of rotatable bonds is 3. The highest BCUT2D eigenvalue weighted by Gasteiger charge is 2.46. The van der Waals surface area contributed by atoms with Crippen LogP contribution in [-0.4, -0.2) is 11.7 Å². The molecule has 1 aliphatic rings. The van der Waals surface area contributed by atoms with E-state index in [1.165, 1.54) is 0 Å². The molecule has 60 valence electrons. The highest BCUT2D eigenvalue weighted by atomic mass is 19.1. The standard InChI is InChI=1S/C8H16FN/c1-6(2)5-7(9)8(10)3-4-8/h6-7H,3-5,10H2,1-2H3. The topological polar surface area (TPSA) is 26.0 Å². The van der Waals surface area contributed by atoms with Crippen molar-refractivity contribution in [2.75, 3.05) is 0 Å². The van der Waals surface area contributed by atoms with E-state index < -0.39 is 11.7 Å². The van der Waals surface area contributed by atoms with Crippen LogP contribution in [-0.2, 0) is 0 Å². The summed E-state index contributed by atoms with van der Waals surface area (Å²) in [7, 11) is 0. The molecule has 0 aromatic rings. The lowest BCUT2D eigenvalue weighted by Crippen LogP contribution is -2.34. The minimum Gasteiger partial charge on any atom is -0.323 e. The lowest BCUT2D eigenvalue weighted by molar-refractivity contribution is 0.228. The predicted molar refractivity (Wildman–Crippen MR) is 40.5 cm³/mol. The summed E-state index contributed by atoms with van der Waals surface area (Å²) in [6.07, 6.45) is 1.60. The van der Waals surface area contributed by atoms with E-state index in [1.54, 1.807) is 0 Å². The maximum atomic E-state index is 13.1. The first-order valence-electron chi connectivity index (χ1n) is 3.97. The molecule has 2 N–H and O–H groups in total. The normalized spacial score (nSPS) is 24.9. The minimum atomic E-state index is -0.771. The Labute approximate surface area is 61.8 Å². The van der Waals surface area contributed by atoms with Crippen molar-refractivity contribution in [3.8, 4) is 0 Å². The van der Waals surface area contributed by atoms with Crippen molar-refractivity contribution < 1.29 is 4.39 Å². The highest BCUT2D eigenvalue weighted by Crippen LogP contribution is 2.39. The molecule has 0 amide bonds. The fraction of sp³-hybridized carbons (Fsp3) is 1.00. The second-order valence-electron chi connectivity index (χ2n) is 3.83. The van der Waals surface area contributed by atoms with Crippen molar-refractivity contribution in [2.24, 2.45) is 11.7 Å². The summed E-state index contributed by atoms with van der Waals surface area (Å²) in [6, 6.07) is 0. The first kappa shape index (κ1) is 7.99. The summed E-state index contributed by atoms with van der Waals surface area (Å²) in [5.41, 5.74) is 5.24. The number of nitrogens with two attached hydrogens (primary N) is 1. The maximum absolute atomic E-state index is 13.1. The molecule has 0 aliphatic heterocycles. The summed E-state index contributed by atoms with van der Waals surface area (Å²) >= 11 is 0. The molecule has 2 heteroatoms. The second-order valence-corrected chi connectivity index (χ2v) is 3.83. The Kier molecular flexibility index (Phi) is 1.99. The van der Waals surface area contributed by atoms with E-state index in [9.17, 15) is 4.39 Å². The molecule has 0 bridgehead atoms. The van der Waals surface area contributed by atoms with Gasteiger partial charge in [-0.25, -0.2) is 4.39 Å². The Bertz CT molecular complexity index is 118. The van der Waals surface area contributed by atoms with E-state index in [4.69, 9.17) is 5.73 Å². The SMILES string of the molecule is CC(C)CC(F)C1(N)CC1. The van der Waals surface area contributed by atoms with E-state index >= 15 is 0 Å². The van der Waals surface area contributed by atoms with Gasteiger partial charge in [-0.05, 0) is 25.2 Å². The molecule has 1 fully saturated rings.